The third-order valence-electron chi connectivity index (χ3n) is 2.65. The minimum absolute atomic E-state index is 0.445. The Hall–Kier alpha value is -2.56. The Morgan fingerprint density at radius 2 is 1.89 bits per heavy atom. The van der Waals surface area contributed by atoms with Crippen molar-refractivity contribution in [2.24, 2.45) is 0 Å². The van der Waals surface area contributed by atoms with Crippen molar-refractivity contribution in [2.75, 3.05) is 5.73 Å². The number of aromatic nitrogens is 2. The first-order valence-corrected chi connectivity index (χ1v) is 5.48. The number of hydrogen-bond donors (Lipinski definition) is 1. The molecule has 18 heavy (non-hydrogen) atoms. The highest BCUT2D eigenvalue weighted by Gasteiger charge is 2.14. The maximum atomic E-state index is 5.63. The van der Waals surface area contributed by atoms with Crippen molar-refractivity contribution in [1.29, 1.82) is 0 Å². The van der Waals surface area contributed by atoms with Crippen molar-refractivity contribution in [2.45, 2.75) is 6.92 Å². The minimum atomic E-state index is 0.445. The summed E-state index contributed by atoms with van der Waals surface area (Å²) in [6.45, 7) is 1.93. The van der Waals surface area contributed by atoms with Gasteiger partial charge in [0.2, 0.25) is 5.82 Å². The molecule has 0 unspecified atom stereocenters. The average molecular weight is 241 g/mol. The largest absolute Gasteiger partial charge is 0.461 e. The first-order chi connectivity index (χ1) is 8.74. The summed E-state index contributed by atoms with van der Waals surface area (Å²) in [4.78, 5) is 4.30. The molecule has 3 aromatic rings. The molecule has 2 heterocycles. The van der Waals surface area contributed by atoms with Crippen molar-refractivity contribution in [1.82, 2.24) is 10.1 Å². The van der Waals surface area contributed by atoms with Crippen LogP contribution in [0.15, 0.2) is 45.5 Å². The molecule has 0 aliphatic carbocycles. The fourth-order valence-electron chi connectivity index (χ4n) is 1.66. The highest BCUT2D eigenvalue weighted by atomic mass is 16.5. The molecule has 0 aliphatic rings. The lowest BCUT2D eigenvalue weighted by atomic mass is 10.2. The van der Waals surface area contributed by atoms with Crippen LogP contribution < -0.4 is 5.73 Å². The van der Waals surface area contributed by atoms with E-state index in [-0.39, 0.29) is 0 Å². The molecule has 0 fully saturated rings. The van der Waals surface area contributed by atoms with Crippen LogP contribution in [0.5, 0.6) is 0 Å². The Morgan fingerprint density at radius 1 is 1.11 bits per heavy atom. The summed E-state index contributed by atoms with van der Waals surface area (Å²) in [6, 6.07) is 9.10. The number of nitrogens with two attached hydrogens (primary N) is 1. The van der Waals surface area contributed by atoms with Crippen molar-refractivity contribution in [3.63, 3.8) is 0 Å². The number of anilines is 1. The molecular formula is C13H11N3O2. The van der Waals surface area contributed by atoms with Gasteiger partial charge in [-0.2, -0.15) is 4.98 Å². The summed E-state index contributed by atoms with van der Waals surface area (Å²) >= 11 is 0. The highest BCUT2D eigenvalue weighted by molar-refractivity contribution is 5.60. The van der Waals surface area contributed by atoms with E-state index in [9.17, 15) is 0 Å². The number of rotatable bonds is 2. The van der Waals surface area contributed by atoms with Crippen molar-refractivity contribution in [3.05, 3.63) is 42.2 Å². The summed E-state index contributed by atoms with van der Waals surface area (Å²) in [7, 11) is 0. The predicted octanol–water partition coefficient (Wildman–Crippen LogP) is 2.89. The van der Waals surface area contributed by atoms with Crippen LogP contribution in [0.25, 0.3) is 23.0 Å². The lowest BCUT2D eigenvalue weighted by molar-refractivity contribution is 0.429. The monoisotopic (exact) mass is 241 g/mol. The van der Waals surface area contributed by atoms with Crippen LogP contribution in [0.1, 0.15) is 5.56 Å². The van der Waals surface area contributed by atoms with Crippen LogP contribution in [0.3, 0.4) is 0 Å². The first kappa shape index (κ1) is 10.6. The molecule has 2 N–H and O–H groups in total. The Morgan fingerprint density at radius 3 is 2.56 bits per heavy atom. The third-order valence-corrected chi connectivity index (χ3v) is 2.65. The summed E-state index contributed by atoms with van der Waals surface area (Å²) in [5, 5.41) is 3.91. The van der Waals surface area contributed by atoms with E-state index in [2.05, 4.69) is 10.1 Å². The van der Waals surface area contributed by atoms with E-state index in [1.54, 1.807) is 18.4 Å². The molecule has 0 saturated heterocycles. The number of benzene rings is 1. The van der Waals surface area contributed by atoms with Gasteiger partial charge < -0.3 is 14.7 Å². The molecule has 0 aliphatic heterocycles. The number of nitrogen functional groups attached to an aromatic ring is 1. The summed E-state index contributed by atoms with van der Waals surface area (Å²) in [6.07, 6.45) is 1.60. The van der Waals surface area contributed by atoms with Gasteiger partial charge in [-0.15, -0.1) is 0 Å². The van der Waals surface area contributed by atoms with E-state index in [1.807, 2.05) is 25.1 Å². The molecular weight excluding hydrogens is 230 g/mol. The highest BCUT2D eigenvalue weighted by Crippen LogP contribution is 2.25. The van der Waals surface area contributed by atoms with Gasteiger partial charge >= 0.3 is 0 Å². The zero-order valence-electron chi connectivity index (χ0n) is 9.75. The van der Waals surface area contributed by atoms with Gasteiger partial charge in [-0.05, 0) is 42.8 Å². The summed E-state index contributed by atoms with van der Waals surface area (Å²) in [5.41, 5.74) is 8.12. The fourth-order valence-corrected chi connectivity index (χ4v) is 1.66. The maximum Gasteiger partial charge on any atom is 0.258 e. The molecule has 5 heteroatoms. The van der Waals surface area contributed by atoms with Crippen LogP contribution in [-0.4, -0.2) is 10.1 Å². The van der Waals surface area contributed by atoms with Crippen LogP contribution in [0.2, 0.25) is 0 Å². The van der Waals surface area contributed by atoms with Crippen LogP contribution in [0.4, 0.5) is 5.69 Å². The Labute approximate surface area is 103 Å². The van der Waals surface area contributed by atoms with Gasteiger partial charge in [-0.3, -0.25) is 0 Å². The topological polar surface area (TPSA) is 78.1 Å². The second kappa shape index (κ2) is 4.03. The van der Waals surface area contributed by atoms with E-state index in [0.717, 1.165) is 11.1 Å². The Bertz CT molecular complexity index is 668. The number of nitrogens with zero attached hydrogens (tertiary/aromatic N) is 2. The van der Waals surface area contributed by atoms with Gasteiger partial charge in [0, 0.05) is 11.3 Å². The van der Waals surface area contributed by atoms with Gasteiger partial charge in [-0.1, -0.05) is 5.16 Å². The van der Waals surface area contributed by atoms with Gasteiger partial charge in [0.15, 0.2) is 5.76 Å². The summed E-state index contributed by atoms with van der Waals surface area (Å²) < 4.78 is 10.5. The van der Waals surface area contributed by atoms with Gasteiger partial charge in [0.25, 0.3) is 5.89 Å². The molecule has 0 bridgehead atoms. The second-order valence-electron chi connectivity index (χ2n) is 3.98. The lowest BCUT2D eigenvalue weighted by Gasteiger charge is -1.94. The predicted molar refractivity (Wildman–Crippen MR) is 66.6 cm³/mol. The smallest absolute Gasteiger partial charge is 0.258 e. The van der Waals surface area contributed by atoms with Crippen LogP contribution in [0, 0.1) is 6.92 Å². The number of hydrogen-bond acceptors (Lipinski definition) is 5. The minimum Gasteiger partial charge on any atom is -0.461 e. The molecule has 5 nitrogen and oxygen atoms in total. The SMILES string of the molecule is Cc1ccoc1-c1noc(-c2ccc(N)cc2)n1. The molecule has 3 rings (SSSR count). The molecule has 0 amide bonds. The first-order valence-electron chi connectivity index (χ1n) is 5.48. The quantitative estimate of drug-likeness (QED) is 0.698. The zero-order valence-corrected chi connectivity index (χ0v) is 9.75. The second-order valence-corrected chi connectivity index (χ2v) is 3.98. The molecule has 0 spiro atoms. The van der Waals surface area contributed by atoms with E-state index >= 15 is 0 Å². The summed E-state index contributed by atoms with van der Waals surface area (Å²) in [5.74, 6) is 1.52. The van der Waals surface area contributed by atoms with Gasteiger partial charge in [-0.25, -0.2) is 0 Å². The van der Waals surface area contributed by atoms with Crippen molar-refractivity contribution in [3.8, 4) is 23.0 Å². The van der Waals surface area contributed by atoms with E-state index in [0.29, 0.717) is 23.2 Å². The van der Waals surface area contributed by atoms with Gasteiger partial charge in [0.05, 0.1) is 6.26 Å². The molecule has 2 aromatic heterocycles. The Balaban J connectivity index is 1.99. The third kappa shape index (κ3) is 1.75. The van der Waals surface area contributed by atoms with Crippen LogP contribution in [-0.2, 0) is 0 Å². The molecule has 0 saturated carbocycles. The Kier molecular flexibility index (Phi) is 2.37. The molecule has 0 radical (unpaired) electrons. The van der Waals surface area contributed by atoms with Gasteiger partial charge in [0.1, 0.15) is 0 Å². The van der Waals surface area contributed by atoms with Crippen molar-refractivity contribution < 1.29 is 8.94 Å². The van der Waals surface area contributed by atoms with E-state index in [1.165, 1.54) is 0 Å². The van der Waals surface area contributed by atoms with Crippen LogP contribution >= 0.6 is 0 Å². The standard InChI is InChI=1S/C13H11N3O2/c1-8-6-7-17-11(8)12-15-13(18-16-12)9-2-4-10(14)5-3-9/h2-7H,14H2,1H3. The maximum absolute atomic E-state index is 5.63. The lowest BCUT2D eigenvalue weighted by Crippen LogP contribution is -1.84. The van der Waals surface area contributed by atoms with E-state index in [4.69, 9.17) is 14.7 Å². The zero-order chi connectivity index (χ0) is 12.5. The average Bonchev–Trinajstić information content (AvgIpc) is 2.98. The van der Waals surface area contributed by atoms with Crippen molar-refractivity contribution >= 4 is 5.69 Å². The molecule has 90 valence electrons. The van der Waals surface area contributed by atoms with E-state index < -0.39 is 0 Å². The molecule has 1 aromatic carbocycles. The molecule has 0 atom stereocenters. The number of furan rings is 1. The normalized spacial score (nSPS) is 10.7. The number of aryl methyl sites for hydroxylation is 1. The fraction of sp³-hybridized carbons (Fsp3) is 0.0769.